The number of aromatic carboxylic acids is 1. The Hall–Kier alpha value is -4.38. The highest BCUT2D eigenvalue weighted by molar-refractivity contribution is 5.98. The normalized spacial score (nSPS) is 17.7. The number of aromatic nitrogens is 3. The van der Waals surface area contributed by atoms with Gasteiger partial charge in [0.25, 0.3) is 0 Å². The summed E-state index contributed by atoms with van der Waals surface area (Å²) >= 11 is 0. The molecule has 11 heteroatoms. The number of rotatable bonds is 6. The SMILES string of the molecule is CNc1cc(F)c(F)c2c1Cc1ncc(-c3cnc4c(c3)c(=O)c(C(=O)O)cn4C)c(N3CCC(C)(CN(C)C)C3)c1-2. The van der Waals surface area contributed by atoms with Crippen molar-refractivity contribution in [1.82, 2.24) is 19.4 Å². The fourth-order valence-corrected chi connectivity index (χ4v) is 6.75. The first-order chi connectivity index (χ1) is 19.9. The van der Waals surface area contributed by atoms with Crippen LogP contribution in [-0.2, 0) is 13.5 Å². The molecule has 1 saturated heterocycles. The summed E-state index contributed by atoms with van der Waals surface area (Å²) in [6, 6.07) is 2.80. The molecule has 4 heterocycles. The minimum atomic E-state index is -1.32. The maximum atomic E-state index is 15.7. The van der Waals surface area contributed by atoms with Crippen LogP contribution in [0, 0.1) is 17.0 Å². The van der Waals surface area contributed by atoms with Crippen LogP contribution in [-0.4, -0.2) is 71.3 Å². The summed E-state index contributed by atoms with van der Waals surface area (Å²) in [7, 11) is 7.37. The molecule has 2 N–H and O–H groups in total. The van der Waals surface area contributed by atoms with Crippen LogP contribution in [0.15, 0.2) is 35.5 Å². The van der Waals surface area contributed by atoms with Crippen LogP contribution in [0.25, 0.3) is 33.3 Å². The lowest BCUT2D eigenvalue weighted by Gasteiger charge is -2.30. The second-order valence-corrected chi connectivity index (χ2v) is 11.9. The molecule has 4 aromatic rings. The number of benzene rings is 1. The van der Waals surface area contributed by atoms with Gasteiger partial charge in [-0.1, -0.05) is 6.92 Å². The van der Waals surface area contributed by atoms with Crippen molar-refractivity contribution >= 4 is 28.4 Å². The molecule has 0 bridgehead atoms. The van der Waals surface area contributed by atoms with E-state index in [2.05, 4.69) is 27.0 Å². The molecule has 218 valence electrons. The van der Waals surface area contributed by atoms with Crippen molar-refractivity contribution in [1.29, 1.82) is 0 Å². The largest absolute Gasteiger partial charge is 0.477 e. The van der Waals surface area contributed by atoms with E-state index in [1.807, 2.05) is 14.1 Å². The summed E-state index contributed by atoms with van der Waals surface area (Å²) in [5, 5.41) is 12.7. The van der Waals surface area contributed by atoms with Crippen LogP contribution < -0.4 is 15.6 Å². The van der Waals surface area contributed by atoms with E-state index in [1.165, 1.54) is 16.8 Å². The average molecular weight is 575 g/mol. The minimum Gasteiger partial charge on any atom is -0.477 e. The van der Waals surface area contributed by atoms with E-state index in [0.29, 0.717) is 64.5 Å². The predicted molar refractivity (Wildman–Crippen MR) is 158 cm³/mol. The lowest BCUT2D eigenvalue weighted by molar-refractivity contribution is 0.0695. The Bertz CT molecular complexity index is 1850. The molecular formula is C31H32F2N6O3. The highest BCUT2D eigenvalue weighted by Crippen LogP contribution is 2.51. The second-order valence-electron chi connectivity index (χ2n) is 11.9. The van der Waals surface area contributed by atoms with Crippen LogP contribution in [0.5, 0.6) is 0 Å². The third kappa shape index (κ3) is 4.30. The molecule has 0 spiro atoms. The predicted octanol–water partition coefficient (Wildman–Crippen LogP) is 4.36. The van der Waals surface area contributed by atoms with E-state index in [9.17, 15) is 19.1 Å². The van der Waals surface area contributed by atoms with Gasteiger partial charge in [-0.3, -0.25) is 9.78 Å². The smallest absolute Gasteiger partial charge is 0.341 e. The zero-order valence-electron chi connectivity index (χ0n) is 24.2. The van der Waals surface area contributed by atoms with E-state index in [1.54, 1.807) is 32.6 Å². The van der Waals surface area contributed by atoms with Crippen LogP contribution >= 0.6 is 0 Å². The number of carboxylic acid groups (broad SMARTS) is 1. The Kier molecular flexibility index (Phi) is 6.53. The van der Waals surface area contributed by atoms with Crippen molar-refractivity contribution in [3.05, 3.63) is 69.4 Å². The van der Waals surface area contributed by atoms with Gasteiger partial charge < -0.3 is 24.8 Å². The highest BCUT2D eigenvalue weighted by Gasteiger charge is 2.39. The molecule has 0 saturated carbocycles. The number of hydrogen-bond acceptors (Lipinski definition) is 7. The van der Waals surface area contributed by atoms with Crippen molar-refractivity contribution in [3.63, 3.8) is 0 Å². The van der Waals surface area contributed by atoms with Gasteiger partial charge in [0.05, 0.1) is 16.8 Å². The fourth-order valence-electron chi connectivity index (χ4n) is 6.75. The molecule has 1 aliphatic carbocycles. The zero-order chi connectivity index (χ0) is 30.1. The van der Waals surface area contributed by atoms with Crippen LogP contribution in [0.2, 0.25) is 0 Å². The van der Waals surface area contributed by atoms with Crippen molar-refractivity contribution in [3.8, 4) is 22.3 Å². The van der Waals surface area contributed by atoms with Gasteiger partial charge in [0.1, 0.15) is 11.2 Å². The zero-order valence-corrected chi connectivity index (χ0v) is 24.2. The van der Waals surface area contributed by atoms with Crippen LogP contribution in [0.3, 0.4) is 0 Å². The lowest BCUT2D eigenvalue weighted by atomic mass is 9.89. The third-order valence-corrected chi connectivity index (χ3v) is 8.45. The quantitative estimate of drug-likeness (QED) is 0.308. The van der Waals surface area contributed by atoms with Crippen molar-refractivity contribution < 1.29 is 18.7 Å². The summed E-state index contributed by atoms with van der Waals surface area (Å²) in [4.78, 5) is 38.5. The number of nitrogens with zero attached hydrogens (tertiary/aromatic N) is 5. The molecule has 2 aliphatic rings. The minimum absolute atomic E-state index is 0.0526. The molecule has 3 aromatic heterocycles. The summed E-state index contributed by atoms with van der Waals surface area (Å²) in [5.41, 5.74) is 3.66. The molecule has 1 atom stereocenters. The van der Waals surface area contributed by atoms with Gasteiger partial charge in [-0.2, -0.15) is 0 Å². The number of hydrogen-bond donors (Lipinski definition) is 2. The molecule has 1 fully saturated rings. The van der Waals surface area contributed by atoms with Gasteiger partial charge in [-0.05, 0) is 37.6 Å². The first-order valence-corrected chi connectivity index (χ1v) is 13.8. The van der Waals surface area contributed by atoms with Gasteiger partial charge in [0.2, 0.25) is 5.43 Å². The Morgan fingerprint density at radius 2 is 1.95 bits per heavy atom. The molecule has 42 heavy (non-hydrogen) atoms. The van der Waals surface area contributed by atoms with Gasteiger partial charge in [0.15, 0.2) is 11.6 Å². The van der Waals surface area contributed by atoms with Gasteiger partial charge in [-0.15, -0.1) is 0 Å². The Balaban J connectivity index is 1.63. The standard InChI is InChI=1S/C31H32F2N6O3/c1-31(14-37(3)4)6-7-39(15-31)27-19(16-8-18-28(40)20(30(41)42)13-38(5)29(18)36-11-16)12-35-23-9-17-22(34-2)10-21(32)26(33)24(17)25(23)27/h8,10-13,34H,6-7,9,14-15H2,1-5H3,(H,41,42). The van der Waals surface area contributed by atoms with Gasteiger partial charge in [0, 0.05) is 92.7 Å². The summed E-state index contributed by atoms with van der Waals surface area (Å²) in [6.07, 6.45) is 5.79. The number of aryl methyl sites for hydroxylation is 1. The van der Waals surface area contributed by atoms with E-state index >= 15 is 4.39 Å². The van der Waals surface area contributed by atoms with E-state index < -0.39 is 23.0 Å². The number of fused-ring (bicyclic) bond motifs is 4. The topological polar surface area (TPSA) is 104 Å². The molecule has 1 aliphatic heterocycles. The molecule has 0 radical (unpaired) electrons. The van der Waals surface area contributed by atoms with Crippen LogP contribution in [0.1, 0.15) is 35.0 Å². The van der Waals surface area contributed by atoms with Crippen molar-refractivity contribution in [2.75, 3.05) is 51.0 Å². The molecule has 9 nitrogen and oxygen atoms in total. The van der Waals surface area contributed by atoms with Crippen LogP contribution in [0.4, 0.5) is 20.2 Å². The number of nitrogens with one attached hydrogen (secondary N) is 1. The van der Waals surface area contributed by atoms with E-state index in [4.69, 9.17) is 4.98 Å². The average Bonchev–Trinajstić information content (AvgIpc) is 3.52. The monoisotopic (exact) mass is 574 g/mol. The number of pyridine rings is 3. The summed E-state index contributed by atoms with van der Waals surface area (Å²) in [5.74, 6) is -3.19. The molecule has 1 unspecified atom stereocenters. The van der Waals surface area contributed by atoms with Gasteiger partial charge >= 0.3 is 5.97 Å². The number of carbonyl (C=O) groups is 1. The number of carboxylic acids is 1. The molecule has 6 rings (SSSR count). The molecule has 1 aromatic carbocycles. The van der Waals surface area contributed by atoms with Crippen molar-refractivity contribution in [2.45, 2.75) is 19.8 Å². The fraction of sp³-hybridized carbons (Fsp3) is 0.355. The lowest BCUT2D eigenvalue weighted by Crippen LogP contribution is -2.34. The summed E-state index contributed by atoms with van der Waals surface area (Å²) < 4.78 is 32.1. The first kappa shape index (κ1) is 27.8. The third-order valence-electron chi connectivity index (χ3n) is 8.45. The number of halogens is 2. The number of anilines is 2. The van der Waals surface area contributed by atoms with Crippen molar-refractivity contribution in [2.24, 2.45) is 12.5 Å². The molecule has 0 amide bonds. The van der Waals surface area contributed by atoms with Gasteiger partial charge in [-0.25, -0.2) is 18.6 Å². The Morgan fingerprint density at radius 1 is 1.19 bits per heavy atom. The maximum Gasteiger partial charge on any atom is 0.341 e. The Labute approximate surface area is 241 Å². The first-order valence-electron chi connectivity index (χ1n) is 13.8. The Morgan fingerprint density at radius 3 is 2.64 bits per heavy atom. The van der Waals surface area contributed by atoms with E-state index in [-0.39, 0.29) is 21.9 Å². The highest BCUT2D eigenvalue weighted by atomic mass is 19.2. The van der Waals surface area contributed by atoms with E-state index in [0.717, 1.165) is 13.0 Å². The summed E-state index contributed by atoms with van der Waals surface area (Å²) in [6.45, 7) is 4.42. The molecular weight excluding hydrogens is 542 g/mol. The maximum absolute atomic E-state index is 15.7. The second kappa shape index (κ2) is 9.87.